The van der Waals surface area contributed by atoms with E-state index in [9.17, 15) is 0 Å². The fourth-order valence-electron chi connectivity index (χ4n) is 2.26. The molecule has 0 unspecified atom stereocenters. The Balaban J connectivity index is 1.66. The molecule has 0 amide bonds. The van der Waals surface area contributed by atoms with Crippen molar-refractivity contribution in [2.75, 3.05) is 6.61 Å². The van der Waals surface area contributed by atoms with Gasteiger partial charge in [0.15, 0.2) is 0 Å². The van der Waals surface area contributed by atoms with E-state index in [1.54, 1.807) is 6.07 Å². The van der Waals surface area contributed by atoms with E-state index in [0.717, 1.165) is 18.3 Å². The SMILES string of the molecule is OCc1ccc(COCC2CCCCC2)o1. The second-order valence-electron chi connectivity index (χ2n) is 4.55. The van der Waals surface area contributed by atoms with Crippen LogP contribution in [0, 0.1) is 5.92 Å². The Hall–Kier alpha value is -0.800. The topological polar surface area (TPSA) is 42.6 Å². The smallest absolute Gasteiger partial charge is 0.129 e. The molecule has 0 saturated heterocycles. The highest BCUT2D eigenvalue weighted by Crippen LogP contribution is 2.24. The summed E-state index contributed by atoms with van der Waals surface area (Å²) in [5.41, 5.74) is 0. The van der Waals surface area contributed by atoms with Gasteiger partial charge in [0.1, 0.15) is 24.7 Å². The summed E-state index contributed by atoms with van der Waals surface area (Å²) in [5, 5.41) is 8.85. The zero-order valence-corrected chi connectivity index (χ0v) is 9.65. The number of rotatable bonds is 5. The summed E-state index contributed by atoms with van der Waals surface area (Å²) >= 11 is 0. The third-order valence-electron chi connectivity index (χ3n) is 3.20. The maximum absolute atomic E-state index is 8.85. The number of aliphatic hydroxyl groups is 1. The van der Waals surface area contributed by atoms with Crippen LogP contribution in [0.4, 0.5) is 0 Å². The van der Waals surface area contributed by atoms with Crippen LogP contribution >= 0.6 is 0 Å². The Bertz CT molecular complexity index is 300. The summed E-state index contributed by atoms with van der Waals surface area (Å²) in [5.74, 6) is 2.15. The van der Waals surface area contributed by atoms with Gasteiger partial charge in [0.2, 0.25) is 0 Å². The van der Waals surface area contributed by atoms with E-state index in [4.69, 9.17) is 14.3 Å². The Morgan fingerprint density at radius 1 is 1.19 bits per heavy atom. The first kappa shape index (κ1) is 11.7. The van der Waals surface area contributed by atoms with Gasteiger partial charge >= 0.3 is 0 Å². The lowest BCUT2D eigenvalue weighted by Gasteiger charge is -2.20. The van der Waals surface area contributed by atoms with Crippen molar-refractivity contribution >= 4 is 0 Å². The predicted molar refractivity (Wildman–Crippen MR) is 60.9 cm³/mol. The first-order valence-electron chi connectivity index (χ1n) is 6.14. The quantitative estimate of drug-likeness (QED) is 0.836. The molecule has 0 atom stereocenters. The van der Waals surface area contributed by atoms with Crippen LogP contribution in [-0.4, -0.2) is 11.7 Å². The highest BCUT2D eigenvalue weighted by molar-refractivity contribution is 5.05. The molecule has 1 aromatic heterocycles. The van der Waals surface area contributed by atoms with Gasteiger partial charge in [-0.2, -0.15) is 0 Å². The van der Waals surface area contributed by atoms with Gasteiger partial charge in [0, 0.05) is 6.61 Å². The molecular formula is C13H20O3. The van der Waals surface area contributed by atoms with Crippen LogP contribution < -0.4 is 0 Å². The van der Waals surface area contributed by atoms with Gasteiger partial charge in [0.05, 0.1) is 0 Å². The average Bonchev–Trinajstić information content (AvgIpc) is 2.78. The highest BCUT2D eigenvalue weighted by atomic mass is 16.5. The fourth-order valence-corrected chi connectivity index (χ4v) is 2.26. The van der Waals surface area contributed by atoms with E-state index >= 15 is 0 Å². The van der Waals surface area contributed by atoms with Gasteiger partial charge < -0.3 is 14.3 Å². The summed E-state index contributed by atoms with van der Waals surface area (Å²) < 4.78 is 11.0. The molecule has 1 heterocycles. The molecule has 1 saturated carbocycles. The molecule has 0 aromatic carbocycles. The van der Waals surface area contributed by atoms with Crippen LogP contribution in [0.15, 0.2) is 16.5 Å². The van der Waals surface area contributed by atoms with Crippen LogP contribution in [0.5, 0.6) is 0 Å². The fraction of sp³-hybridized carbons (Fsp3) is 0.692. The zero-order chi connectivity index (χ0) is 11.2. The van der Waals surface area contributed by atoms with Crippen molar-refractivity contribution in [1.29, 1.82) is 0 Å². The third-order valence-corrected chi connectivity index (χ3v) is 3.20. The Labute approximate surface area is 96.4 Å². The van der Waals surface area contributed by atoms with E-state index in [0.29, 0.717) is 12.4 Å². The van der Waals surface area contributed by atoms with Crippen LogP contribution in [0.3, 0.4) is 0 Å². The second-order valence-corrected chi connectivity index (χ2v) is 4.55. The lowest BCUT2D eigenvalue weighted by atomic mass is 9.90. The molecule has 3 heteroatoms. The molecule has 3 nitrogen and oxygen atoms in total. The maximum Gasteiger partial charge on any atom is 0.129 e. The van der Waals surface area contributed by atoms with Gasteiger partial charge in [-0.15, -0.1) is 0 Å². The predicted octanol–water partition coefficient (Wildman–Crippen LogP) is 2.87. The summed E-state index contributed by atoms with van der Waals surface area (Å²) in [6, 6.07) is 3.66. The molecule has 0 spiro atoms. The third kappa shape index (κ3) is 3.35. The molecule has 0 radical (unpaired) electrons. The van der Waals surface area contributed by atoms with Crippen LogP contribution in [0.2, 0.25) is 0 Å². The second kappa shape index (κ2) is 6.06. The van der Waals surface area contributed by atoms with E-state index < -0.39 is 0 Å². The average molecular weight is 224 g/mol. The largest absolute Gasteiger partial charge is 0.461 e. The van der Waals surface area contributed by atoms with Gasteiger partial charge in [-0.05, 0) is 30.9 Å². The molecule has 1 aliphatic rings. The van der Waals surface area contributed by atoms with Crippen molar-refractivity contribution in [3.05, 3.63) is 23.7 Å². The minimum Gasteiger partial charge on any atom is -0.461 e. The molecule has 16 heavy (non-hydrogen) atoms. The van der Waals surface area contributed by atoms with Crippen molar-refractivity contribution in [2.45, 2.75) is 45.3 Å². The van der Waals surface area contributed by atoms with Gasteiger partial charge in [-0.25, -0.2) is 0 Å². The van der Waals surface area contributed by atoms with Gasteiger partial charge in [0.25, 0.3) is 0 Å². The minimum absolute atomic E-state index is 0.0391. The molecule has 1 aliphatic carbocycles. The number of aliphatic hydroxyl groups excluding tert-OH is 1. The standard InChI is InChI=1S/C13H20O3/c14-8-12-6-7-13(16-12)10-15-9-11-4-2-1-3-5-11/h6-7,11,14H,1-5,8-10H2. The zero-order valence-electron chi connectivity index (χ0n) is 9.65. The van der Waals surface area contributed by atoms with E-state index in [1.807, 2.05) is 6.07 Å². The Kier molecular flexibility index (Phi) is 4.43. The number of ether oxygens (including phenoxy) is 1. The van der Waals surface area contributed by atoms with Crippen LogP contribution in [-0.2, 0) is 18.0 Å². The first-order chi connectivity index (χ1) is 7.88. The molecule has 90 valence electrons. The summed E-state index contributed by atoms with van der Waals surface area (Å²) in [7, 11) is 0. The molecule has 0 bridgehead atoms. The maximum atomic E-state index is 8.85. The number of hydrogen-bond acceptors (Lipinski definition) is 3. The molecule has 1 fully saturated rings. The van der Waals surface area contributed by atoms with Crippen molar-refractivity contribution in [3.63, 3.8) is 0 Å². The Morgan fingerprint density at radius 3 is 2.62 bits per heavy atom. The number of hydrogen-bond donors (Lipinski definition) is 1. The van der Waals surface area contributed by atoms with E-state index in [2.05, 4.69) is 0 Å². The van der Waals surface area contributed by atoms with Gasteiger partial charge in [-0.1, -0.05) is 19.3 Å². The molecule has 1 aromatic rings. The van der Waals surface area contributed by atoms with Crippen molar-refractivity contribution in [1.82, 2.24) is 0 Å². The number of furan rings is 1. The minimum atomic E-state index is -0.0391. The summed E-state index contributed by atoms with van der Waals surface area (Å²) in [6.07, 6.45) is 6.70. The van der Waals surface area contributed by atoms with E-state index in [-0.39, 0.29) is 6.61 Å². The lowest BCUT2D eigenvalue weighted by molar-refractivity contribution is 0.0623. The summed E-state index contributed by atoms with van der Waals surface area (Å²) in [6.45, 7) is 1.33. The lowest BCUT2D eigenvalue weighted by Crippen LogP contribution is -2.13. The summed E-state index contributed by atoms with van der Waals surface area (Å²) in [4.78, 5) is 0. The van der Waals surface area contributed by atoms with Gasteiger partial charge in [-0.3, -0.25) is 0 Å². The monoisotopic (exact) mass is 224 g/mol. The molecule has 1 N–H and O–H groups in total. The van der Waals surface area contributed by atoms with Crippen LogP contribution in [0.25, 0.3) is 0 Å². The normalized spacial score (nSPS) is 17.8. The first-order valence-corrected chi connectivity index (χ1v) is 6.14. The molecule has 2 rings (SSSR count). The molecule has 0 aliphatic heterocycles. The molecular weight excluding hydrogens is 204 g/mol. The van der Waals surface area contributed by atoms with Crippen molar-refractivity contribution < 1.29 is 14.3 Å². The van der Waals surface area contributed by atoms with Crippen molar-refractivity contribution in [3.8, 4) is 0 Å². The van der Waals surface area contributed by atoms with Crippen LogP contribution in [0.1, 0.15) is 43.6 Å². The van der Waals surface area contributed by atoms with E-state index in [1.165, 1.54) is 32.1 Å². The highest BCUT2D eigenvalue weighted by Gasteiger charge is 2.13. The Morgan fingerprint density at radius 2 is 1.94 bits per heavy atom. The van der Waals surface area contributed by atoms with Crippen molar-refractivity contribution in [2.24, 2.45) is 5.92 Å².